The first-order chi connectivity index (χ1) is 4.63. The first-order valence-electron chi connectivity index (χ1n) is 2.24. The molecular weight excluding hydrogens is 147 g/mol. The number of hydrogen-bond donors (Lipinski definition) is 1. The van der Waals surface area contributed by atoms with Crippen molar-refractivity contribution in [2.45, 2.75) is 0 Å². The Morgan fingerprint density at radius 2 is 1.80 bits per heavy atom. The number of aromatic nitrogens is 1. The van der Waals surface area contributed by atoms with E-state index in [1.54, 1.807) is 0 Å². The Balaban J connectivity index is 3.34. The molecule has 0 aliphatic rings. The van der Waals surface area contributed by atoms with Crippen LogP contribution in [0, 0.1) is 23.8 Å². The zero-order chi connectivity index (χ0) is 7.72. The summed E-state index contributed by atoms with van der Waals surface area (Å²) in [7, 11) is 0. The van der Waals surface area contributed by atoms with Gasteiger partial charge in [-0.2, -0.15) is 13.2 Å². The van der Waals surface area contributed by atoms with E-state index >= 15 is 0 Å². The minimum Gasteiger partial charge on any atom is -0.503 e. The van der Waals surface area contributed by atoms with E-state index in [1.165, 1.54) is 6.20 Å². The fraction of sp³-hybridized carbons (Fsp3) is 0. The van der Waals surface area contributed by atoms with Crippen LogP contribution in [0.15, 0.2) is 0 Å². The maximum atomic E-state index is 12.1. The average molecular weight is 148 g/mol. The summed E-state index contributed by atoms with van der Waals surface area (Å²) < 4.78 is 35.9. The summed E-state index contributed by atoms with van der Waals surface area (Å²) in [5, 5.41) is 8.32. The van der Waals surface area contributed by atoms with E-state index in [2.05, 4.69) is 4.98 Å². The van der Waals surface area contributed by atoms with Gasteiger partial charge in [0.25, 0.3) is 5.95 Å². The van der Waals surface area contributed by atoms with Crippen LogP contribution in [0.4, 0.5) is 13.2 Å². The molecule has 0 aliphatic heterocycles. The second kappa shape index (κ2) is 2.17. The minimum atomic E-state index is -1.80. The molecule has 0 bridgehead atoms. The van der Waals surface area contributed by atoms with Crippen molar-refractivity contribution in [3.8, 4) is 5.75 Å². The highest BCUT2D eigenvalue weighted by atomic mass is 19.2. The Morgan fingerprint density at radius 1 is 1.20 bits per heavy atom. The van der Waals surface area contributed by atoms with E-state index in [0.29, 0.717) is 0 Å². The predicted octanol–water partition coefficient (Wildman–Crippen LogP) is 1.00. The van der Waals surface area contributed by atoms with Crippen molar-refractivity contribution in [3.63, 3.8) is 0 Å². The van der Waals surface area contributed by atoms with Crippen LogP contribution in [0.25, 0.3) is 0 Å². The Kier molecular flexibility index (Phi) is 1.48. The Bertz CT molecular complexity index is 236. The van der Waals surface area contributed by atoms with E-state index in [9.17, 15) is 13.2 Å². The lowest BCUT2D eigenvalue weighted by Gasteiger charge is -1.93. The number of halogens is 3. The molecule has 0 unspecified atom stereocenters. The first kappa shape index (κ1) is 6.85. The number of aromatic hydroxyl groups is 1. The predicted molar refractivity (Wildman–Crippen MR) is 24.6 cm³/mol. The van der Waals surface area contributed by atoms with Crippen LogP contribution in [0.2, 0.25) is 0 Å². The van der Waals surface area contributed by atoms with Crippen molar-refractivity contribution in [1.82, 2.24) is 4.98 Å². The topological polar surface area (TPSA) is 33.1 Å². The maximum Gasteiger partial charge on any atom is 0.252 e. The van der Waals surface area contributed by atoms with Crippen molar-refractivity contribution in [3.05, 3.63) is 23.8 Å². The Morgan fingerprint density at radius 3 is 2.30 bits per heavy atom. The first-order valence-corrected chi connectivity index (χ1v) is 2.24. The van der Waals surface area contributed by atoms with E-state index in [0.717, 1.165) is 0 Å². The average Bonchev–Trinajstić information content (AvgIpc) is 1.93. The van der Waals surface area contributed by atoms with Crippen molar-refractivity contribution < 1.29 is 18.3 Å². The summed E-state index contributed by atoms with van der Waals surface area (Å²) in [5.41, 5.74) is 0. The largest absolute Gasteiger partial charge is 0.503 e. The molecule has 1 radical (unpaired) electrons. The molecule has 0 amide bonds. The molecule has 1 rings (SSSR count). The third-order valence-electron chi connectivity index (χ3n) is 0.842. The SMILES string of the molecule is Oc1[c]nc(F)c(F)c1F. The van der Waals surface area contributed by atoms with E-state index < -0.39 is 23.3 Å². The van der Waals surface area contributed by atoms with Crippen molar-refractivity contribution in [2.75, 3.05) is 0 Å². The number of rotatable bonds is 0. The molecule has 5 heteroatoms. The standard InChI is InChI=1S/C5HF3NO/c6-3-2(10)1-9-5(8)4(3)7/h10H. The lowest BCUT2D eigenvalue weighted by Crippen LogP contribution is -1.93. The van der Waals surface area contributed by atoms with Gasteiger partial charge in [-0.15, -0.1) is 0 Å². The molecule has 1 N–H and O–H groups in total. The molecule has 2 nitrogen and oxygen atoms in total. The molecule has 0 atom stereocenters. The van der Waals surface area contributed by atoms with E-state index in [1.807, 2.05) is 0 Å². The third-order valence-corrected chi connectivity index (χ3v) is 0.842. The number of nitrogens with zero attached hydrogens (tertiary/aromatic N) is 1. The van der Waals surface area contributed by atoms with Crippen molar-refractivity contribution >= 4 is 0 Å². The van der Waals surface area contributed by atoms with Crippen LogP contribution in [-0.4, -0.2) is 10.1 Å². The summed E-state index contributed by atoms with van der Waals surface area (Å²) in [6.45, 7) is 0. The van der Waals surface area contributed by atoms with E-state index in [4.69, 9.17) is 5.11 Å². The van der Waals surface area contributed by atoms with Crippen LogP contribution in [0.5, 0.6) is 5.75 Å². The minimum absolute atomic E-state index is 1.13. The van der Waals surface area contributed by atoms with Gasteiger partial charge < -0.3 is 5.11 Å². The third kappa shape index (κ3) is 0.896. The lowest BCUT2D eigenvalue weighted by molar-refractivity contribution is 0.372. The van der Waals surface area contributed by atoms with Gasteiger partial charge in [0.15, 0.2) is 5.75 Å². The monoisotopic (exact) mass is 148 g/mol. The molecular formula is C5HF3NO. The van der Waals surface area contributed by atoms with Crippen LogP contribution < -0.4 is 0 Å². The van der Waals surface area contributed by atoms with Gasteiger partial charge in [-0.25, -0.2) is 4.98 Å². The fourth-order valence-corrected chi connectivity index (χ4v) is 0.395. The van der Waals surface area contributed by atoms with Crippen LogP contribution >= 0.6 is 0 Å². The summed E-state index contributed by atoms with van der Waals surface area (Å²) >= 11 is 0. The summed E-state index contributed by atoms with van der Waals surface area (Å²) in [6.07, 6.45) is 1.52. The van der Waals surface area contributed by atoms with Gasteiger partial charge in [-0.3, -0.25) is 0 Å². The van der Waals surface area contributed by atoms with Crippen LogP contribution in [-0.2, 0) is 0 Å². The van der Waals surface area contributed by atoms with Gasteiger partial charge in [-0.1, -0.05) is 0 Å². The van der Waals surface area contributed by atoms with Gasteiger partial charge in [0.1, 0.15) is 6.20 Å². The zero-order valence-electron chi connectivity index (χ0n) is 4.53. The molecule has 0 aliphatic carbocycles. The quantitative estimate of drug-likeness (QED) is 0.557. The van der Waals surface area contributed by atoms with Gasteiger partial charge in [-0.05, 0) is 0 Å². The fourth-order valence-electron chi connectivity index (χ4n) is 0.395. The molecule has 1 aromatic heterocycles. The maximum absolute atomic E-state index is 12.1. The summed E-state index contributed by atoms with van der Waals surface area (Å²) in [4.78, 5) is 2.58. The molecule has 0 saturated heterocycles. The molecule has 0 aromatic carbocycles. The second-order valence-electron chi connectivity index (χ2n) is 1.49. The summed E-state index contributed by atoms with van der Waals surface area (Å²) in [5.74, 6) is -6.21. The smallest absolute Gasteiger partial charge is 0.252 e. The highest BCUT2D eigenvalue weighted by Crippen LogP contribution is 2.16. The van der Waals surface area contributed by atoms with Gasteiger partial charge >= 0.3 is 0 Å². The molecule has 53 valence electrons. The Labute approximate surface area is 53.9 Å². The summed E-state index contributed by atoms with van der Waals surface area (Å²) in [6, 6.07) is 0. The van der Waals surface area contributed by atoms with Gasteiger partial charge in [0.2, 0.25) is 11.6 Å². The normalized spacial score (nSPS) is 9.90. The molecule has 0 spiro atoms. The second-order valence-corrected chi connectivity index (χ2v) is 1.49. The van der Waals surface area contributed by atoms with Crippen LogP contribution in [0.3, 0.4) is 0 Å². The number of hydrogen-bond acceptors (Lipinski definition) is 2. The lowest BCUT2D eigenvalue weighted by atomic mass is 10.4. The zero-order valence-corrected chi connectivity index (χ0v) is 4.53. The molecule has 1 heterocycles. The molecule has 1 aromatic rings. The van der Waals surface area contributed by atoms with Gasteiger partial charge in [0.05, 0.1) is 0 Å². The number of pyridine rings is 1. The van der Waals surface area contributed by atoms with Crippen molar-refractivity contribution in [2.24, 2.45) is 0 Å². The molecule has 0 fully saturated rings. The Hall–Kier alpha value is -1.26. The van der Waals surface area contributed by atoms with Crippen molar-refractivity contribution in [1.29, 1.82) is 0 Å². The highest BCUT2D eigenvalue weighted by Gasteiger charge is 2.13. The van der Waals surface area contributed by atoms with Gasteiger partial charge in [0, 0.05) is 0 Å². The van der Waals surface area contributed by atoms with E-state index in [-0.39, 0.29) is 0 Å². The molecule has 10 heavy (non-hydrogen) atoms. The molecule has 0 saturated carbocycles. The highest BCUT2D eigenvalue weighted by molar-refractivity contribution is 5.17. The van der Waals surface area contributed by atoms with Crippen LogP contribution in [0.1, 0.15) is 0 Å².